The molecule has 70 valence electrons. The van der Waals surface area contributed by atoms with Crippen molar-refractivity contribution >= 4 is 0 Å². The molecule has 2 fully saturated rings. The molecule has 1 N–H and O–H groups in total. The van der Waals surface area contributed by atoms with E-state index >= 15 is 0 Å². The molecule has 0 amide bonds. The van der Waals surface area contributed by atoms with Crippen LogP contribution in [0.1, 0.15) is 26.2 Å². The van der Waals surface area contributed by atoms with Crippen molar-refractivity contribution in [1.82, 2.24) is 4.90 Å². The fraction of sp³-hybridized carbons (Fsp3) is 1.00. The Labute approximate surface area is 72.4 Å². The van der Waals surface area contributed by atoms with E-state index < -0.39 is 5.67 Å². The molecule has 2 unspecified atom stereocenters. The number of nitrogens with zero attached hydrogens (tertiary/aromatic N) is 1. The molecule has 2 nitrogen and oxygen atoms in total. The van der Waals surface area contributed by atoms with E-state index in [4.69, 9.17) is 0 Å². The lowest BCUT2D eigenvalue weighted by atomic mass is 9.90. The summed E-state index contributed by atoms with van der Waals surface area (Å²) in [5.41, 5.74) is -1.29. The second kappa shape index (κ2) is 2.42. The smallest absolute Gasteiger partial charge is 0.122 e. The fourth-order valence-electron chi connectivity index (χ4n) is 2.82. The molecule has 12 heavy (non-hydrogen) atoms. The van der Waals surface area contributed by atoms with Crippen molar-refractivity contribution in [3.05, 3.63) is 0 Å². The van der Waals surface area contributed by atoms with E-state index in [1.165, 1.54) is 0 Å². The minimum absolute atomic E-state index is 0.118. The molecule has 2 saturated heterocycles. The van der Waals surface area contributed by atoms with Crippen molar-refractivity contribution in [3.8, 4) is 0 Å². The first kappa shape index (κ1) is 8.45. The van der Waals surface area contributed by atoms with Gasteiger partial charge in [-0.1, -0.05) is 0 Å². The highest BCUT2D eigenvalue weighted by molar-refractivity contribution is 5.07. The van der Waals surface area contributed by atoms with Gasteiger partial charge in [-0.05, 0) is 26.3 Å². The van der Waals surface area contributed by atoms with Crippen LogP contribution in [0, 0.1) is 0 Å². The lowest BCUT2D eigenvalue weighted by Gasteiger charge is -2.28. The average Bonchev–Trinajstić information content (AvgIpc) is 2.40. The first-order valence-corrected chi connectivity index (χ1v) is 4.63. The Balaban J connectivity index is 2.20. The highest BCUT2D eigenvalue weighted by Gasteiger charge is 2.53. The molecule has 3 heteroatoms. The van der Waals surface area contributed by atoms with Crippen LogP contribution in [0.25, 0.3) is 0 Å². The first-order chi connectivity index (χ1) is 5.58. The number of rotatable bonds is 1. The van der Waals surface area contributed by atoms with Crippen LogP contribution in [0.3, 0.4) is 0 Å². The fourth-order valence-corrected chi connectivity index (χ4v) is 2.82. The monoisotopic (exact) mass is 173 g/mol. The van der Waals surface area contributed by atoms with Gasteiger partial charge in [0.1, 0.15) is 5.67 Å². The molecule has 0 saturated carbocycles. The molecular formula is C9H16FNO. The van der Waals surface area contributed by atoms with Crippen LogP contribution in [-0.4, -0.2) is 40.9 Å². The summed E-state index contributed by atoms with van der Waals surface area (Å²) in [6.45, 7) is 3.23. The summed E-state index contributed by atoms with van der Waals surface area (Å²) in [6, 6.07) is 0. The van der Waals surface area contributed by atoms with Crippen LogP contribution in [-0.2, 0) is 0 Å². The Morgan fingerprint density at radius 1 is 1.58 bits per heavy atom. The van der Waals surface area contributed by atoms with Crippen LogP contribution in [0.4, 0.5) is 4.39 Å². The van der Waals surface area contributed by atoms with Gasteiger partial charge in [-0.15, -0.1) is 0 Å². The highest BCUT2D eigenvalue weighted by atomic mass is 19.1. The summed E-state index contributed by atoms with van der Waals surface area (Å²) < 4.78 is 13.6. The molecule has 0 aromatic rings. The molecular weight excluding hydrogens is 157 g/mol. The predicted octanol–water partition coefficient (Wildman–Crippen LogP) is 0.945. The van der Waals surface area contributed by atoms with Crippen LogP contribution < -0.4 is 0 Å². The lowest BCUT2D eigenvalue weighted by molar-refractivity contribution is 0.0989. The predicted molar refractivity (Wildman–Crippen MR) is 44.8 cm³/mol. The highest BCUT2D eigenvalue weighted by Crippen LogP contribution is 2.44. The Kier molecular flexibility index (Phi) is 1.70. The Morgan fingerprint density at radius 3 is 2.92 bits per heavy atom. The number of aliphatic hydroxyl groups excluding tert-OH is 1. The van der Waals surface area contributed by atoms with Gasteiger partial charge in [-0.3, -0.25) is 4.90 Å². The average molecular weight is 173 g/mol. The van der Waals surface area contributed by atoms with Gasteiger partial charge in [0, 0.05) is 18.5 Å². The number of alkyl halides is 1. The third kappa shape index (κ3) is 1.07. The van der Waals surface area contributed by atoms with Crippen LogP contribution in [0.2, 0.25) is 0 Å². The van der Waals surface area contributed by atoms with E-state index in [1.54, 1.807) is 6.92 Å². The van der Waals surface area contributed by atoms with Gasteiger partial charge in [0.05, 0.1) is 6.61 Å². The normalized spacial score (nSPS) is 48.2. The molecule has 0 bridgehead atoms. The molecule has 2 atom stereocenters. The van der Waals surface area contributed by atoms with Crippen molar-refractivity contribution < 1.29 is 9.50 Å². The van der Waals surface area contributed by atoms with E-state index in [0.717, 1.165) is 19.4 Å². The molecule has 2 aliphatic rings. The van der Waals surface area contributed by atoms with Gasteiger partial charge < -0.3 is 5.11 Å². The minimum atomic E-state index is -1.08. The summed E-state index contributed by atoms with van der Waals surface area (Å²) in [5, 5.41) is 9.25. The van der Waals surface area contributed by atoms with Crippen molar-refractivity contribution in [3.63, 3.8) is 0 Å². The molecule has 2 heterocycles. The largest absolute Gasteiger partial charge is 0.394 e. The van der Waals surface area contributed by atoms with E-state index in [0.29, 0.717) is 13.0 Å². The zero-order chi connectivity index (χ0) is 8.82. The van der Waals surface area contributed by atoms with Crippen LogP contribution in [0.15, 0.2) is 0 Å². The standard InChI is InChI=1S/C9H16FNO/c1-8(10)5-9(7-12)3-2-4-11(9)6-8/h12H,2-7H2,1H3. The second-order valence-corrected chi connectivity index (χ2v) is 4.50. The maximum Gasteiger partial charge on any atom is 0.122 e. The zero-order valence-electron chi connectivity index (χ0n) is 7.52. The van der Waals surface area contributed by atoms with Gasteiger partial charge in [0.25, 0.3) is 0 Å². The molecule has 0 spiro atoms. The van der Waals surface area contributed by atoms with Gasteiger partial charge in [-0.25, -0.2) is 4.39 Å². The summed E-state index contributed by atoms with van der Waals surface area (Å²) in [6.07, 6.45) is 2.58. The number of halogens is 1. The minimum Gasteiger partial charge on any atom is -0.394 e. The summed E-state index contributed by atoms with van der Waals surface area (Å²) >= 11 is 0. The third-order valence-corrected chi connectivity index (χ3v) is 3.25. The number of hydrogen-bond acceptors (Lipinski definition) is 2. The quantitative estimate of drug-likeness (QED) is 0.638. The lowest BCUT2D eigenvalue weighted by Crippen LogP contribution is -2.41. The Bertz CT molecular complexity index is 195. The molecule has 0 aliphatic carbocycles. The van der Waals surface area contributed by atoms with Crippen molar-refractivity contribution in [2.75, 3.05) is 19.7 Å². The number of fused-ring (bicyclic) bond motifs is 1. The number of aliphatic hydroxyl groups is 1. The molecule has 2 rings (SSSR count). The van der Waals surface area contributed by atoms with Crippen LogP contribution in [0.5, 0.6) is 0 Å². The maximum atomic E-state index is 13.6. The molecule has 2 aliphatic heterocycles. The van der Waals surface area contributed by atoms with E-state index in [9.17, 15) is 9.50 Å². The second-order valence-electron chi connectivity index (χ2n) is 4.50. The zero-order valence-corrected chi connectivity index (χ0v) is 7.52. The van der Waals surface area contributed by atoms with Crippen molar-refractivity contribution in [1.29, 1.82) is 0 Å². The van der Waals surface area contributed by atoms with Crippen molar-refractivity contribution in [2.24, 2.45) is 0 Å². The van der Waals surface area contributed by atoms with E-state index in [1.807, 2.05) is 0 Å². The van der Waals surface area contributed by atoms with Gasteiger partial charge in [-0.2, -0.15) is 0 Å². The molecule has 0 aromatic heterocycles. The topological polar surface area (TPSA) is 23.5 Å². The molecule has 0 aromatic carbocycles. The first-order valence-electron chi connectivity index (χ1n) is 4.63. The van der Waals surface area contributed by atoms with Gasteiger partial charge >= 0.3 is 0 Å². The summed E-state index contributed by atoms with van der Waals surface area (Å²) in [7, 11) is 0. The van der Waals surface area contributed by atoms with Crippen molar-refractivity contribution in [2.45, 2.75) is 37.4 Å². The van der Waals surface area contributed by atoms with E-state index in [2.05, 4.69) is 4.90 Å². The molecule has 0 radical (unpaired) electrons. The third-order valence-electron chi connectivity index (χ3n) is 3.25. The number of hydrogen-bond donors (Lipinski definition) is 1. The Hall–Kier alpha value is -0.150. The summed E-state index contributed by atoms with van der Waals surface area (Å²) in [4.78, 5) is 2.12. The van der Waals surface area contributed by atoms with Gasteiger partial charge in [0.2, 0.25) is 0 Å². The van der Waals surface area contributed by atoms with Crippen LogP contribution >= 0.6 is 0 Å². The van der Waals surface area contributed by atoms with E-state index in [-0.39, 0.29) is 12.1 Å². The summed E-state index contributed by atoms with van der Waals surface area (Å²) in [5.74, 6) is 0. The SMILES string of the molecule is CC1(F)CN2CCCC2(CO)C1. The maximum absolute atomic E-state index is 13.6. The Morgan fingerprint density at radius 2 is 2.33 bits per heavy atom. The van der Waals surface area contributed by atoms with Gasteiger partial charge in [0.15, 0.2) is 0 Å².